The first kappa shape index (κ1) is 12.1. The highest BCUT2D eigenvalue weighted by Gasteiger charge is 2.27. The zero-order chi connectivity index (χ0) is 13.4. The summed E-state index contributed by atoms with van der Waals surface area (Å²) in [6.45, 7) is 0.646. The minimum atomic E-state index is -0.0741. The van der Waals surface area contributed by atoms with E-state index in [4.69, 9.17) is 17.3 Å². The van der Waals surface area contributed by atoms with E-state index in [-0.39, 0.29) is 5.91 Å². The van der Waals surface area contributed by atoms with Crippen LogP contribution >= 0.6 is 11.6 Å². The van der Waals surface area contributed by atoms with Crippen molar-refractivity contribution in [3.8, 4) is 0 Å². The molecule has 1 amide bonds. The van der Waals surface area contributed by atoms with Gasteiger partial charge in [0.25, 0.3) is 5.91 Å². The molecular formula is C15H13ClN2O. The molecule has 0 fully saturated rings. The summed E-state index contributed by atoms with van der Waals surface area (Å²) in [6, 6.07) is 12.8. The number of anilines is 2. The number of hydrogen-bond donors (Lipinski definition) is 1. The van der Waals surface area contributed by atoms with E-state index < -0.39 is 0 Å². The summed E-state index contributed by atoms with van der Waals surface area (Å²) in [5.41, 5.74) is 9.15. The molecule has 0 bridgehead atoms. The topological polar surface area (TPSA) is 46.3 Å². The van der Waals surface area contributed by atoms with Crippen molar-refractivity contribution in [3.05, 3.63) is 58.6 Å². The minimum Gasteiger partial charge on any atom is -0.398 e. The Kier molecular flexibility index (Phi) is 2.91. The molecule has 2 aromatic carbocycles. The van der Waals surface area contributed by atoms with Crippen molar-refractivity contribution >= 4 is 28.9 Å². The maximum Gasteiger partial charge on any atom is 0.259 e. The molecule has 0 atom stereocenters. The van der Waals surface area contributed by atoms with Gasteiger partial charge in [-0.1, -0.05) is 29.8 Å². The standard InChI is InChI=1S/C15H13ClN2O/c16-12-5-2-1-4-10(12)15(19)18-9-8-11-13(17)6-3-7-14(11)18/h1-7H,8-9,17H2. The Balaban J connectivity index is 2.01. The van der Waals surface area contributed by atoms with E-state index in [1.807, 2.05) is 30.3 Å². The monoisotopic (exact) mass is 272 g/mol. The summed E-state index contributed by atoms with van der Waals surface area (Å²) >= 11 is 6.08. The van der Waals surface area contributed by atoms with Gasteiger partial charge in [-0.2, -0.15) is 0 Å². The predicted molar refractivity (Wildman–Crippen MR) is 77.7 cm³/mol. The molecule has 1 aliphatic rings. The predicted octanol–water partition coefficient (Wildman–Crippen LogP) is 3.13. The lowest BCUT2D eigenvalue weighted by Gasteiger charge is -2.18. The largest absolute Gasteiger partial charge is 0.398 e. The zero-order valence-electron chi connectivity index (χ0n) is 10.3. The van der Waals surface area contributed by atoms with Gasteiger partial charge in [0.2, 0.25) is 0 Å². The van der Waals surface area contributed by atoms with E-state index in [2.05, 4.69) is 0 Å². The van der Waals surface area contributed by atoms with Crippen LogP contribution in [0.25, 0.3) is 0 Å². The summed E-state index contributed by atoms with van der Waals surface area (Å²) in [5.74, 6) is -0.0741. The van der Waals surface area contributed by atoms with Crippen LogP contribution in [0, 0.1) is 0 Å². The molecule has 2 aromatic rings. The first-order chi connectivity index (χ1) is 9.18. The Morgan fingerprint density at radius 1 is 1.16 bits per heavy atom. The number of rotatable bonds is 1. The number of amides is 1. The van der Waals surface area contributed by atoms with Gasteiger partial charge in [0.05, 0.1) is 10.6 Å². The van der Waals surface area contributed by atoms with Gasteiger partial charge in [-0.25, -0.2) is 0 Å². The van der Waals surface area contributed by atoms with Crippen molar-refractivity contribution in [3.63, 3.8) is 0 Å². The van der Waals surface area contributed by atoms with Gasteiger partial charge < -0.3 is 10.6 Å². The van der Waals surface area contributed by atoms with E-state index >= 15 is 0 Å². The van der Waals surface area contributed by atoms with Crippen LogP contribution in [0.15, 0.2) is 42.5 Å². The number of carbonyl (C=O) groups excluding carboxylic acids is 1. The molecule has 0 spiro atoms. The van der Waals surface area contributed by atoms with E-state index in [1.54, 1.807) is 17.0 Å². The number of nitrogens with zero attached hydrogens (tertiary/aromatic N) is 1. The summed E-state index contributed by atoms with van der Waals surface area (Å²) in [7, 11) is 0. The van der Waals surface area contributed by atoms with Crippen molar-refractivity contribution in [2.45, 2.75) is 6.42 Å². The second kappa shape index (κ2) is 4.59. The lowest BCUT2D eigenvalue weighted by atomic mass is 10.1. The second-order valence-corrected chi connectivity index (χ2v) is 4.94. The van der Waals surface area contributed by atoms with Crippen molar-refractivity contribution in [1.29, 1.82) is 0 Å². The highest BCUT2D eigenvalue weighted by Crippen LogP contribution is 2.33. The van der Waals surface area contributed by atoms with Gasteiger partial charge in [-0.05, 0) is 30.7 Å². The van der Waals surface area contributed by atoms with Crippen molar-refractivity contribution in [2.24, 2.45) is 0 Å². The Morgan fingerprint density at radius 3 is 2.74 bits per heavy atom. The maximum atomic E-state index is 12.5. The summed E-state index contributed by atoms with van der Waals surface area (Å²) in [6.07, 6.45) is 0.790. The van der Waals surface area contributed by atoms with Crippen LogP contribution < -0.4 is 10.6 Å². The number of nitrogens with two attached hydrogens (primary N) is 1. The molecule has 0 unspecified atom stereocenters. The number of carbonyl (C=O) groups is 1. The maximum absolute atomic E-state index is 12.5. The van der Waals surface area contributed by atoms with Gasteiger partial charge in [0, 0.05) is 23.5 Å². The van der Waals surface area contributed by atoms with Gasteiger partial charge in [-0.15, -0.1) is 0 Å². The molecule has 1 aliphatic heterocycles. The number of nitrogen functional groups attached to an aromatic ring is 1. The molecule has 96 valence electrons. The summed E-state index contributed by atoms with van der Waals surface area (Å²) < 4.78 is 0. The molecule has 0 saturated heterocycles. The lowest BCUT2D eigenvalue weighted by molar-refractivity contribution is 0.0989. The third kappa shape index (κ3) is 1.96. The van der Waals surface area contributed by atoms with E-state index in [0.29, 0.717) is 17.1 Å². The van der Waals surface area contributed by atoms with Gasteiger partial charge >= 0.3 is 0 Å². The number of benzene rings is 2. The Labute approximate surface area is 116 Å². The molecule has 4 heteroatoms. The summed E-state index contributed by atoms with van der Waals surface area (Å²) in [4.78, 5) is 14.3. The highest BCUT2D eigenvalue weighted by atomic mass is 35.5. The summed E-state index contributed by atoms with van der Waals surface area (Å²) in [5, 5.41) is 0.477. The zero-order valence-corrected chi connectivity index (χ0v) is 11.0. The fourth-order valence-corrected chi connectivity index (χ4v) is 2.67. The fraction of sp³-hybridized carbons (Fsp3) is 0.133. The Hall–Kier alpha value is -2.00. The lowest BCUT2D eigenvalue weighted by Crippen LogP contribution is -2.29. The molecule has 2 N–H and O–H groups in total. The SMILES string of the molecule is Nc1cccc2c1CCN2C(=O)c1ccccc1Cl. The highest BCUT2D eigenvalue weighted by molar-refractivity contribution is 6.34. The third-order valence-corrected chi connectivity index (χ3v) is 3.74. The van der Waals surface area contributed by atoms with Crippen LogP contribution in [0.5, 0.6) is 0 Å². The smallest absolute Gasteiger partial charge is 0.259 e. The molecule has 19 heavy (non-hydrogen) atoms. The quantitative estimate of drug-likeness (QED) is 0.811. The third-order valence-electron chi connectivity index (χ3n) is 3.41. The molecule has 0 aliphatic carbocycles. The van der Waals surface area contributed by atoms with Gasteiger partial charge in [0.1, 0.15) is 0 Å². The van der Waals surface area contributed by atoms with Crippen LogP contribution in [0.2, 0.25) is 5.02 Å². The number of hydrogen-bond acceptors (Lipinski definition) is 2. The number of fused-ring (bicyclic) bond motifs is 1. The fourth-order valence-electron chi connectivity index (χ4n) is 2.45. The Bertz CT molecular complexity index is 654. The van der Waals surface area contributed by atoms with E-state index in [9.17, 15) is 4.79 Å². The van der Waals surface area contributed by atoms with Crippen LogP contribution in [-0.2, 0) is 6.42 Å². The van der Waals surface area contributed by atoms with Crippen LogP contribution in [0.4, 0.5) is 11.4 Å². The average Bonchev–Trinajstić information content (AvgIpc) is 2.84. The van der Waals surface area contributed by atoms with Crippen LogP contribution in [0.3, 0.4) is 0 Å². The van der Waals surface area contributed by atoms with Crippen molar-refractivity contribution in [2.75, 3.05) is 17.2 Å². The molecule has 3 rings (SSSR count). The first-order valence-electron chi connectivity index (χ1n) is 6.12. The second-order valence-electron chi connectivity index (χ2n) is 4.53. The molecule has 0 aromatic heterocycles. The molecule has 3 nitrogen and oxygen atoms in total. The molecular weight excluding hydrogens is 260 g/mol. The van der Waals surface area contributed by atoms with Crippen molar-refractivity contribution in [1.82, 2.24) is 0 Å². The molecule has 0 saturated carbocycles. The van der Waals surface area contributed by atoms with E-state index in [1.165, 1.54) is 0 Å². The van der Waals surface area contributed by atoms with Crippen LogP contribution in [0.1, 0.15) is 15.9 Å². The van der Waals surface area contributed by atoms with Crippen molar-refractivity contribution < 1.29 is 4.79 Å². The normalized spacial score (nSPS) is 13.4. The molecule has 0 radical (unpaired) electrons. The molecule has 1 heterocycles. The number of halogens is 1. The first-order valence-corrected chi connectivity index (χ1v) is 6.50. The van der Waals surface area contributed by atoms with Crippen LogP contribution in [-0.4, -0.2) is 12.5 Å². The van der Waals surface area contributed by atoms with Gasteiger partial charge in [0.15, 0.2) is 0 Å². The van der Waals surface area contributed by atoms with E-state index in [0.717, 1.165) is 23.4 Å². The Morgan fingerprint density at radius 2 is 1.95 bits per heavy atom. The average molecular weight is 273 g/mol. The minimum absolute atomic E-state index is 0.0741. The van der Waals surface area contributed by atoms with Gasteiger partial charge in [-0.3, -0.25) is 4.79 Å².